The Bertz CT molecular complexity index is 1830. The summed E-state index contributed by atoms with van der Waals surface area (Å²) in [7, 11) is 0. The predicted molar refractivity (Wildman–Crippen MR) is 244 cm³/mol. The van der Waals surface area contributed by atoms with Crippen molar-refractivity contribution in [3.05, 3.63) is 0 Å². The van der Waals surface area contributed by atoms with Gasteiger partial charge in [-0.25, -0.2) is 0 Å². The van der Waals surface area contributed by atoms with Gasteiger partial charge in [-0.15, -0.1) is 0 Å². The van der Waals surface area contributed by atoms with Gasteiger partial charge in [0, 0.05) is 12.5 Å². The van der Waals surface area contributed by atoms with Crippen molar-refractivity contribution in [2.75, 3.05) is 33.0 Å². The van der Waals surface area contributed by atoms with E-state index in [4.69, 9.17) is 42.6 Å². The summed E-state index contributed by atoms with van der Waals surface area (Å²) < 4.78 is 55.0. The molecule has 0 aromatic carbocycles. The van der Waals surface area contributed by atoms with E-state index in [0.717, 1.165) is 45.1 Å². The van der Waals surface area contributed by atoms with E-state index >= 15 is 0 Å². The van der Waals surface area contributed by atoms with Gasteiger partial charge in [0.25, 0.3) is 0 Å². The summed E-state index contributed by atoms with van der Waals surface area (Å²) in [6, 6.07) is 0. The van der Waals surface area contributed by atoms with Crippen molar-refractivity contribution in [2.24, 2.45) is 52.3 Å². The SMILES string of the molecule is C[C@@H]1CC[C@@]2(NC1)O[C@H]1C[C@H]3[C@H]4CC[C@@H]5C[C@H](O[C@H]6O[C@H](CO)[C@@H](O[C@H]7O[C@@H](CO)[C@@H](O)[C@H](O[C@H]8OC[C@@H](O)[C@@H](O)[C@H]8O)[C@@H]7O[C@@H]7O[C@@H](CO)[C@H](O)[C@H](O)[C@@H]7O)[C@@H](O)[C@@H]6O)CC[C@@]5(C)[C@@H]4CC[C@@]3(C)[C@H]1[C@@H]2C. The molecule has 4 saturated carbocycles. The van der Waals surface area contributed by atoms with Crippen LogP contribution in [0.3, 0.4) is 0 Å². The lowest BCUT2D eigenvalue weighted by atomic mass is 9.44. The van der Waals surface area contributed by atoms with E-state index in [1.54, 1.807) is 0 Å². The zero-order valence-electron chi connectivity index (χ0n) is 41.8. The van der Waals surface area contributed by atoms with E-state index in [1.165, 1.54) is 19.3 Å². The zero-order valence-corrected chi connectivity index (χ0v) is 41.8. The van der Waals surface area contributed by atoms with Crippen LogP contribution in [0.15, 0.2) is 0 Å². The number of ether oxygens (including phenoxy) is 9. The van der Waals surface area contributed by atoms with Crippen LogP contribution in [0.5, 0.6) is 0 Å². The third-order valence-electron chi connectivity index (χ3n) is 20.2. The highest BCUT2D eigenvalue weighted by molar-refractivity contribution is 5.16. The van der Waals surface area contributed by atoms with E-state index in [1.807, 2.05) is 0 Å². The first kappa shape index (κ1) is 54.5. The largest absolute Gasteiger partial charge is 0.394 e. The summed E-state index contributed by atoms with van der Waals surface area (Å²) in [6.07, 6.45) is -22.4. The third kappa shape index (κ3) is 9.26. The van der Waals surface area contributed by atoms with Crippen LogP contribution in [0, 0.1) is 52.3 Å². The van der Waals surface area contributed by atoms with Crippen LogP contribution in [0.25, 0.3) is 0 Å². The van der Waals surface area contributed by atoms with Crippen molar-refractivity contribution in [1.29, 1.82) is 0 Å². The van der Waals surface area contributed by atoms with Gasteiger partial charge in [-0.2, -0.15) is 0 Å². The molecule has 10 rings (SSSR count). The molecule has 0 amide bonds. The van der Waals surface area contributed by atoms with E-state index in [2.05, 4.69) is 33.0 Å². The first-order valence-corrected chi connectivity index (χ1v) is 26.8. The highest BCUT2D eigenvalue weighted by atomic mass is 16.8. The van der Waals surface area contributed by atoms with Gasteiger partial charge in [0.15, 0.2) is 25.2 Å². The Morgan fingerprint density at radius 1 is 0.542 bits per heavy atom. The normalized spacial score (nSPS) is 57.8. The maximum Gasteiger partial charge on any atom is 0.187 e. The number of aliphatic hydroxyl groups excluding tert-OH is 12. The van der Waals surface area contributed by atoms with Crippen molar-refractivity contribution in [3.63, 3.8) is 0 Å². The van der Waals surface area contributed by atoms with Crippen LogP contribution in [-0.4, -0.2) is 229 Å². The van der Waals surface area contributed by atoms with Crippen LogP contribution in [0.1, 0.15) is 91.9 Å². The Labute approximate surface area is 420 Å². The summed E-state index contributed by atoms with van der Waals surface area (Å²) in [5.74, 6) is 3.87. The van der Waals surface area contributed by atoms with Crippen molar-refractivity contribution in [3.8, 4) is 0 Å². The summed E-state index contributed by atoms with van der Waals surface area (Å²) in [4.78, 5) is 0. The molecule has 6 aliphatic heterocycles. The minimum atomic E-state index is -1.99. The summed E-state index contributed by atoms with van der Waals surface area (Å²) in [5.41, 5.74) is 0.147. The quantitative estimate of drug-likeness (QED) is 0.0937. The average Bonchev–Trinajstić information content (AvgIpc) is 3.82. The first-order valence-electron chi connectivity index (χ1n) is 26.8. The van der Waals surface area contributed by atoms with Gasteiger partial charge in [0.05, 0.1) is 38.6 Å². The van der Waals surface area contributed by atoms with Gasteiger partial charge in [0.1, 0.15) is 97.3 Å². The van der Waals surface area contributed by atoms with Crippen LogP contribution in [-0.2, 0) is 42.6 Å². The van der Waals surface area contributed by atoms with E-state index in [0.29, 0.717) is 47.8 Å². The summed E-state index contributed by atoms with van der Waals surface area (Å²) in [5, 5.41) is 133. The van der Waals surface area contributed by atoms with Gasteiger partial charge < -0.3 is 104 Å². The molecular formula is C50H83NO21. The van der Waals surface area contributed by atoms with Crippen molar-refractivity contribution in [2.45, 2.75) is 227 Å². The Balaban J connectivity index is 0.812. The lowest BCUT2D eigenvalue weighted by Gasteiger charge is -2.61. The molecule has 414 valence electrons. The second-order valence-corrected chi connectivity index (χ2v) is 24.0. The second-order valence-electron chi connectivity index (χ2n) is 24.0. The zero-order chi connectivity index (χ0) is 51.3. The Morgan fingerprint density at radius 2 is 1.17 bits per heavy atom. The van der Waals surface area contributed by atoms with Gasteiger partial charge in [-0.3, -0.25) is 5.32 Å². The van der Waals surface area contributed by atoms with Gasteiger partial charge in [-0.1, -0.05) is 27.7 Å². The molecule has 0 bridgehead atoms. The fraction of sp³-hybridized carbons (Fsp3) is 1.00. The van der Waals surface area contributed by atoms with Crippen LogP contribution in [0.4, 0.5) is 0 Å². The molecule has 72 heavy (non-hydrogen) atoms. The minimum Gasteiger partial charge on any atom is -0.394 e. The Hall–Kier alpha value is -0.880. The molecule has 4 aliphatic carbocycles. The summed E-state index contributed by atoms with van der Waals surface area (Å²) >= 11 is 0. The van der Waals surface area contributed by atoms with Crippen molar-refractivity contribution >= 4 is 0 Å². The molecule has 0 unspecified atom stereocenters. The first-order chi connectivity index (χ1) is 34.3. The molecule has 6 saturated heterocycles. The molecular weight excluding hydrogens is 951 g/mol. The number of aliphatic hydroxyl groups is 12. The molecule has 1 spiro atoms. The number of piperidine rings is 1. The number of hydrogen-bond donors (Lipinski definition) is 13. The topological polar surface area (TPSA) is 338 Å². The number of hydrogen-bond acceptors (Lipinski definition) is 22. The second kappa shape index (κ2) is 21.1. The van der Waals surface area contributed by atoms with Crippen molar-refractivity contribution < 1.29 is 104 Å². The van der Waals surface area contributed by atoms with E-state index in [-0.39, 0.29) is 28.8 Å². The highest BCUT2D eigenvalue weighted by Gasteiger charge is 2.69. The molecule has 31 atom stereocenters. The Morgan fingerprint density at radius 3 is 1.88 bits per heavy atom. The smallest absolute Gasteiger partial charge is 0.187 e. The molecule has 6 heterocycles. The third-order valence-corrected chi connectivity index (χ3v) is 20.2. The van der Waals surface area contributed by atoms with Crippen LogP contribution in [0.2, 0.25) is 0 Å². The maximum atomic E-state index is 11.8. The molecule has 10 aliphatic rings. The van der Waals surface area contributed by atoms with Crippen LogP contribution >= 0.6 is 0 Å². The Kier molecular flexibility index (Phi) is 15.9. The maximum absolute atomic E-state index is 11.8. The van der Waals surface area contributed by atoms with Gasteiger partial charge >= 0.3 is 0 Å². The number of rotatable bonds is 11. The molecule has 22 heteroatoms. The summed E-state index contributed by atoms with van der Waals surface area (Å²) in [6.45, 7) is 7.84. The standard InChI is InChI=1S/C50H83NO21/c1-20-7-12-50(51-15-20)21(2)32-28(72-50)14-26-24-6-5-22-13-23(8-10-48(22,3)25(24)9-11-49(26,32)4)65-45-40(63)37(60)41(31(18-54)68-45)69-47-43(71-46-39(62)36(59)34(57)29(16-52)66-46)42(35(58)30(17-53)67-47)70-44-38(61)33(56)27(55)19-64-44/h20-47,51-63H,5-19H2,1-4H3/t20-,21+,22-,23-,24+,25-,26+,27-,28+,29+,30+,31-,32+,33-,34+,35-,36+,37+,38-,39+,40+,41-,42+,43+,44-,45+,46+,47-,48-,49-,50-/m1/s1. The molecule has 10 fully saturated rings. The lowest BCUT2D eigenvalue weighted by molar-refractivity contribution is -0.404. The lowest BCUT2D eigenvalue weighted by Crippen LogP contribution is -2.68. The average molecular weight is 1030 g/mol. The number of nitrogens with one attached hydrogen (secondary N) is 1. The molecule has 13 N–H and O–H groups in total. The molecule has 0 aromatic rings. The highest BCUT2D eigenvalue weighted by Crippen LogP contribution is 2.71. The molecule has 0 aromatic heterocycles. The van der Waals surface area contributed by atoms with Gasteiger partial charge in [0.2, 0.25) is 0 Å². The van der Waals surface area contributed by atoms with Crippen molar-refractivity contribution in [1.82, 2.24) is 5.32 Å². The minimum absolute atomic E-state index is 0.104. The van der Waals surface area contributed by atoms with E-state index in [9.17, 15) is 61.3 Å². The van der Waals surface area contributed by atoms with Gasteiger partial charge in [-0.05, 0) is 111 Å². The predicted octanol–water partition coefficient (Wildman–Crippen LogP) is -2.70. The van der Waals surface area contributed by atoms with Crippen LogP contribution < -0.4 is 5.32 Å². The number of fused-ring (bicyclic) bond motifs is 7. The fourth-order valence-corrected chi connectivity index (χ4v) is 16.1. The molecule has 22 nitrogen and oxygen atoms in total. The van der Waals surface area contributed by atoms with E-state index < -0.39 is 143 Å². The molecule has 0 radical (unpaired) electrons. The fourth-order valence-electron chi connectivity index (χ4n) is 16.1. The monoisotopic (exact) mass is 1030 g/mol.